The number of hydrogen-bond acceptors (Lipinski definition) is 3. The lowest BCUT2D eigenvalue weighted by atomic mass is 9.74. The highest BCUT2D eigenvalue weighted by Gasteiger charge is 2.25. The molecule has 2 aromatic rings. The Morgan fingerprint density at radius 3 is 2.09 bits per heavy atom. The second-order valence-corrected chi connectivity index (χ2v) is 11.9. The van der Waals surface area contributed by atoms with Crippen LogP contribution in [0.5, 0.6) is 0 Å². The molecular weight excluding hydrogens is 416 g/mol. The molecule has 2 aromatic carbocycles. The Balaban J connectivity index is 1.95. The SMILES string of the molecule is CCC(C)(C)c1ccc(CCCOS(=O)(=O)CCCc2ccccc2)c(C(C)(C)CC)c1. The molecule has 0 aliphatic heterocycles. The van der Waals surface area contributed by atoms with Crippen LogP contribution >= 0.6 is 0 Å². The van der Waals surface area contributed by atoms with Gasteiger partial charge >= 0.3 is 0 Å². The fourth-order valence-corrected chi connectivity index (χ4v) is 4.83. The molecule has 0 bridgehead atoms. The molecule has 0 aromatic heterocycles. The molecule has 4 heteroatoms. The van der Waals surface area contributed by atoms with Crippen molar-refractivity contribution in [3.63, 3.8) is 0 Å². The molecule has 0 atom stereocenters. The van der Waals surface area contributed by atoms with E-state index in [1.807, 2.05) is 30.3 Å². The van der Waals surface area contributed by atoms with E-state index in [9.17, 15) is 8.42 Å². The van der Waals surface area contributed by atoms with E-state index in [4.69, 9.17) is 4.18 Å². The van der Waals surface area contributed by atoms with E-state index >= 15 is 0 Å². The highest BCUT2D eigenvalue weighted by atomic mass is 32.2. The second-order valence-electron chi connectivity index (χ2n) is 10.1. The van der Waals surface area contributed by atoms with Gasteiger partial charge in [0.2, 0.25) is 0 Å². The van der Waals surface area contributed by atoms with E-state index < -0.39 is 10.1 Å². The summed E-state index contributed by atoms with van der Waals surface area (Å²) >= 11 is 0. The van der Waals surface area contributed by atoms with Gasteiger partial charge < -0.3 is 0 Å². The van der Waals surface area contributed by atoms with Crippen LogP contribution in [0.15, 0.2) is 48.5 Å². The van der Waals surface area contributed by atoms with Gasteiger partial charge in [-0.15, -0.1) is 0 Å². The summed E-state index contributed by atoms with van der Waals surface area (Å²) in [5, 5.41) is 0. The Kier molecular flexibility index (Phi) is 9.53. The lowest BCUT2D eigenvalue weighted by Crippen LogP contribution is -2.22. The standard InChI is InChI=1S/C28H42O3S/c1-7-27(3,4)25-19-18-24(26(22-25)28(5,6)8-2)17-12-20-31-32(29,30)21-13-16-23-14-10-9-11-15-23/h9-11,14-15,18-19,22H,7-8,12-13,16-17,20-21H2,1-6H3. The lowest BCUT2D eigenvalue weighted by molar-refractivity contribution is 0.311. The number of benzene rings is 2. The first kappa shape index (κ1) is 26.6. The van der Waals surface area contributed by atoms with Crippen molar-refractivity contribution in [3.8, 4) is 0 Å². The molecule has 0 unspecified atom stereocenters. The number of rotatable bonds is 13. The largest absolute Gasteiger partial charge is 0.270 e. The molecule has 32 heavy (non-hydrogen) atoms. The van der Waals surface area contributed by atoms with Gasteiger partial charge in [-0.2, -0.15) is 8.42 Å². The van der Waals surface area contributed by atoms with Crippen molar-refractivity contribution >= 4 is 10.1 Å². The van der Waals surface area contributed by atoms with Crippen molar-refractivity contribution in [2.45, 2.75) is 90.9 Å². The maximum absolute atomic E-state index is 12.3. The minimum absolute atomic E-state index is 0.0663. The zero-order valence-corrected chi connectivity index (χ0v) is 21.7. The van der Waals surface area contributed by atoms with Crippen LogP contribution in [0.3, 0.4) is 0 Å². The number of aryl methyl sites for hydroxylation is 2. The summed E-state index contributed by atoms with van der Waals surface area (Å²) in [5.41, 5.74) is 5.44. The van der Waals surface area contributed by atoms with Gasteiger partial charge in [0.05, 0.1) is 12.4 Å². The van der Waals surface area contributed by atoms with Crippen molar-refractivity contribution in [1.29, 1.82) is 0 Å². The Labute approximate surface area is 196 Å². The minimum Gasteiger partial charge on any atom is -0.270 e. The predicted molar refractivity (Wildman–Crippen MR) is 136 cm³/mol. The first-order chi connectivity index (χ1) is 15.0. The molecule has 0 spiro atoms. The molecule has 0 saturated heterocycles. The molecule has 0 fully saturated rings. The highest BCUT2D eigenvalue weighted by Crippen LogP contribution is 2.35. The summed E-state index contributed by atoms with van der Waals surface area (Å²) in [6, 6.07) is 16.8. The zero-order valence-electron chi connectivity index (χ0n) is 20.9. The van der Waals surface area contributed by atoms with Crippen LogP contribution in [0.4, 0.5) is 0 Å². The molecule has 0 saturated carbocycles. The summed E-state index contributed by atoms with van der Waals surface area (Å²) in [6.07, 6.45) is 5.00. The van der Waals surface area contributed by atoms with Crippen LogP contribution in [0.1, 0.15) is 89.5 Å². The molecule has 178 valence electrons. The highest BCUT2D eigenvalue weighted by molar-refractivity contribution is 7.86. The Morgan fingerprint density at radius 2 is 1.47 bits per heavy atom. The van der Waals surface area contributed by atoms with Gasteiger partial charge in [0, 0.05) is 0 Å². The fraction of sp³-hybridized carbons (Fsp3) is 0.571. The van der Waals surface area contributed by atoms with Gasteiger partial charge in [-0.05, 0) is 71.6 Å². The lowest BCUT2D eigenvalue weighted by Gasteiger charge is -2.31. The Morgan fingerprint density at radius 1 is 0.812 bits per heavy atom. The Bertz CT molecular complexity index is 944. The van der Waals surface area contributed by atoms with E-state index in [-0.39, 0.29) is 23.2 Å². The van der Waals surface area contributed by atoms with Gasteiger partial charge in [0.1, 0.15) is 0 Å². The topological polar surface area (TPSA) is 43.4 Å². The smallest absolute Gasteiger partial charge is 0.267 e. The van der Waals surface area contributed by atoms with Crippen LogP contribution in [-0.2, 0) is 38.0 Å². The van der Waals surface area contributed by atoms with E-state index in [0.717, 1.165) is 31.2 Å². The quantitative estimate of drug-likeness (QED) is 0.240. The zero-order chi connectivity index (χ0) is 23.8. The van der Waals surface area contributed by atoms with Crippen LogP contribution in [0.25, 0.3) is 0 Å². The molecule has 3 nitrogen and oxygen atoms in total. The fourth-order valence-electron chi connectivity index (χ4n) is 3.85. The molecule has 0 amide bonds. The molecule has 0 radical (unpaired) electrons. The van der Waals surface area contributed by atoms with Crippen LogP contribution in [0, 0.1) is 0 Å². The van der Waals surface area contributed by atoms with Gasteiger partial charge in [0.25, 0.3) is 10.1 Å². The molecule has 0 N–H and O–H groups in total. The summed E-state index contributed by atoms with van der Waals surface area (Å²) in [4.78, 5) is 0. The maximum Gasteiger partial charge on any atom is 0.267 e. The van der Waals surface area contributed by atoms with E-state index in [1.165, 1.54) is 16.7 Å². The second kappa shape index (κ2) is 11.5. The first-order valence-corrected chi connectivity index (χ1v) is 13.6. The summed E-state index contributed by atoms with van der Waals surface area (Å²) in [6.45, 7) is 13.9. The van der Waals surface area contributed by atoms with E-state index in [0.29, 0.717) is 12.8 Å². The first-order valence-electron chi connectivity index (χ1n) is 12.1. The van der Waals surface area contributed by atoms with Crippen LogP contribution in [-0.4, -0.2) is 20.8 Å². The molecule has 0 aliphatic rings. The van der Waals surface area contributed by atoms with Gasteiger partial charge in [0.15, 0.2) is 0 Å². The third kappa shape index (κ3) is 7.74. The molecule has 0 aliphatic carbocycles. The maximum atomic E-state index is 12.3. The molecule has 2 rings (SSSR count). The third-order valence-corrected chi connectivity index (χ3v) is 8.26. The van der Waals surface area contributed by atoms with E-state index in [2.05, 4.69) is 59.7 Å². The van der Waals surface area contributed by atoms with Crippen LogP contribution in [0.2, 0.25) is 0 Å². The molecular formula is C28H42O3S. The van der Waals surface area contributed by atoms with E-state index in [1.54, 1.807) is 0 Å². The predicted octanol–water partition coefficient (Wildman–Crippen LogP) is 6.97. The third-order valence-electron chi connectivity index (χ3n) is 6.94. The van der Waals surface area contributed by atoms with Crippen molar-refractivity contribution in [2.24, 2.45) is 0 Å². The van der Waals surface area contributed by atoms with Gasteiger partial charge in [-0.25, -0.2) is 0 Å². The van der Waals surface area contributed by atoms with Crippen molar-refractivity contribution < 1.29 is 12.6 Å². The minimum atomic E-state index is -3.48. The Hall–Kier alpha value is -1.65. The van der Waals surface area contributed by atoms with Crippen LogP contribution < -0.4 is 0 Å². The number of hydrogen-bond donors (Lipinski definition) is 0. The van der Waals surface area contributed by atoms with Crippen molar-refractivity contribution in [2.75, 3.05) is 12.4 Å². The average molecular weight is 459 g/mol. The summed E-state index contributed by atoms with van der Waals surface area (Å²) < 4.78 is 29.8. The van der Waals surface area contributed by atoms with Crippen molar-refractivity contribution in [3.05, 3.63) is 70.8 Å². The summed E-state index contributed by atoms with van der Waals surface area (Å²) in [5.74, 6) is 0.0663. The van der Waals surface area contributed by atoms with Gasteiger partial charge in [-0.1, -0.05) is 90.1 Å². The monoisotopic (exact) mass is 458 g/mol. The molecule has 0 heterocycles. The average Bonchev–Trinajstić information content (AvgIpc) is 2.77. The summed E-state index contributed by atoms with van der Waals surface area (Å²) in [7, 11) is -3.48. The normalized spacial score (nSPS) is 12.8. The van der Waals surface area contributed by atoms with Gasteiger partial charge in [-0.3, -0.25) is 4.18 Å². The van der Waals surface area contributed by atoms with Crippen molar-refractivity contribution in [1.82, 2.24) is 0 Å².